The van der Waals surface area contributed by atoms with Gasteiger partial charge in [0, 0.05) is 25.6 Å². The summed E-state index contributed by atoms with van der Waals surface area (Å²) in [6.45, 7) is 1.99. The molecule has 0 unspecified atom stereocenters. The predicted molar refractivity (Wildman–Crippen MR) is 91.0 cm³/mol. The van der Waals surface area contributed by atoms with Crippen molar-refractivity contribution in [2.45, 2.75) is 19.3 Å². The number of amides is 2. The molecule has 1 aliphatic rings. The number of carbonyl (C=O) groups excluding carboxylic acids is 1. The number of urea groups is 1. The third-order valence-electron chi connectivity index (χ3n) is 4.52. The highest BCUT2D eigenvalue weighted by molar-refractivity contribution is 5.85. The SMILES string of the molecule is N#CC1CCN(C(=O)NCCc2cccc3ccccc23)CC1. The third-order valence-corrected chi connectivity index (χ3v) is 4.52. The van der Waals surface area contributed by atoms with Crippen LogP contribution in [0.3, 0.4) is 0 Å². The highest BCUT2D eigenvalue weighted by atomic mass is 16.2. The van der Waals surface area contributed by atoms with Crippen LogP contribution in [0.25, 0.3) is 10.8 Å². The number of likely N-dealkylation sites (tertiary alicyclic amines) is 1. The highest BCUT2D eigenvalue weighted by Crippen LogP contribution is 2.19. The second-order valence-electron chi connectivity index (χ2n) is 6.01. The standard InChI is InChI=1S/C19H21N3O/c20-14-15-9-12-22(13-10-15)19(23)21-11-8-17-6-3-5-16-4-1-2-7-18(16)17/h1-7,15H,8-13H2,(H,21,23). The van der Waals surface area contributed by atoms with Gasteiger partial charge in [0.05, 0.1) is 6.07 Å². The lowest BCUT2D eigenvalue weighted by Gasteiger charge is -2.29. The summed E-state index contributed by atoms with van der Waals surface area (Å²) >= 11 is 0. The van der Waals surface area contributed by atoms with Crippen molar-refractivity contribution in [1.29, 1.82) is 5.26 Å². The Balaban J connectivity index is 1.53. The van der Waals surface area contributed by atoms with Crippen LogP contribution in [0.5, 0.6) is 0 Å². The Bertz CT molecular complexity index is 721. The van der Waals surface area contributed by atoms with Gasteiger partial charge in [0.25, 0.3) is 0 Å². The van der Waals surface area contributed by atoms with Crippen LogP contribution in [0, 0.1) is 17.2 Å². The molecule has 118 valence electrons. The van der Waals surface area contributed by atoms with Crippen LogP contribution in [0.4, 0.5) is 4.79 Å². The smallest absolute Gasteiger partial charge is 0.317 e. The molecule has 1 aliphatic heterocycles. The maximum absolute atomic E-state index is 12.2. The molecule has 1 N–H and O–H groups in total. The molecule has 0 spiro atoms. The number of carbonyl (C=O) groups is 1. The van der Waals surface area contributed by atoms with Crippen LogP contribution in [-0.4, -0.2) is 30.6 Å². The summed E-state index contributed by atoms with van der Waals surface area (Å²) in [5, 5.41) is 14.4. The van der Waals surface area contributed by atoms with Gasteiger partial charge in [0.15, 0.2) is 0 Å². The number of hydrogen-bond donors (Lipinski definition) is 1. The van der Waals surface area contributed by atoms with Crippen molar-refractivity contribution in [2.24, 2.45) is 5.92 Å². The minimum atomic E-state index is -0.0124. The number of rotatable bonds is 3. The van der Waals surface area contributed by atoms with Crippen LogP contribution in [0.15, 0.2) is 42.5 Å². The zero-order chi connectivity index (χ0) is 16.1. The van der Waals surface area contributed by atoms with E-state index in [4.69, 9.17) is 5.26 Å². The zero-order valence-electron chi connectivity index (χ0n) is 13.2. The second-order valence-corrected chi connectivity index (χ2v) is 6.01. The van der Waals surface area contributed by atoms with Gasteiger partial charge in [0.2, 0.25) is 0 Å². The number of nitrogens with zero attached hydrogens (tertiary/aromatic N) is 2. The minimum absolute atomic E-state index is 0.0124. The van der Waals surface area contributed by atoms with Crippen LogP contribution in [0.1, 0.15) is 18.4 Å². The normalized spacial score (nSPS) is 15.3. The van der Waals surface area contributed by atoms with E-state index in [9.17, 15) is 4.79 Å². The van der Waals surface area contributed by atoms with Gasteiger partial charge in [-0.1, -0.05) is 42.5 Å². The van der Waals surface area contributed by atoms with Gasteiger partial charge in [0.1, 0.15) is 0 Å². The number of nitrogens with one attached hydrogen (secondary N) is 1. The third kappa shape index (κ3) is 3.62. The van der Waals surface area contributed by atoms with Crippen LogP contribution < -0.4 is 5.32 Å². The Morgan fingerprint density at radius 1 is 1.17 bits per heavy atom. The minimum Gasteiger partial charge on any atom is -0.338 e. The molecule has 1 fully saturated rings. The van der Waals surface area contributed by atoms with E-state index in [0.29, 0.717) is 19.6 Å². The lowest BCUT2D eigenvalue weighted by atomic mass is 9.99. The topological polar surface area (TPSA) is 56.1 Å². The van der Waals surface area contributed by atoms with Crippen molar-refractivity contribution < 1.29 is 4.79 Å². The van der Waals surface area contributed by atoms with Gasteiger partial charge < -0.3 is 10.2 Å². The zero-order valence-corrected chi connectivity index (χ0v) is 13.2. The molecule has 0 aromatic heterocycles. The van der Waals surface area contributed by atoms with Gasteiger partial charge in [-0.2, -0.15) is 5.26 Å². The number of hydrogen-bond acceptors (Lipinski definition) is 2. The maximum atomic E-state index is 12.2. The van der Waals surface area contributed by atoms with Crippen LogP contribution in [-0.2, 0) is 6.42 Å². The van der Waals surface area contributed by atoms with E-state index < -0.39 is 0 Å². The maximum Gasteiger partial charge on any atom is 0.317 e. The lowest BCUT2D eigenvalue weighted by Crippen LogP contribution is -2.44. The number of piperidine rings is 1. The number of benzene rings is 2. The fraction of sp³-hybridized carbons (Fsp3) is 0.368. The molecular weight excluding hydrogens is 286 g/mol. The summed E-state index contributed by atoms with van der Waals surface area (Å²) in [6, 6.07) is 16.9. The summed E-state index contributed by atoms with van der Waals surface area (Å²) < 4.78 is 0. The van der Waals surface area contributed by atoms with E-state index in [1.54, 1.807) is 0 Å². The lowest BCUT2D eigenvalue weighted by molar-refractivity contribution is 0.179. The quantitative estimate of drug-likeness (QED) is 0.945. The Labute approximate surface area is 136 Å². The van der Waals surface area contributed by atoms with E-state index in [0.717, 1.165) is 19.3 Å². The molecule has 0 bridgehead atoms. The Kier molecular flexibility index (Phi) is 4.77. The van der Waals surface area contributed by atoms with Crippen molar-refractivity contribution in [1.82, 2.24) is 10.2 Å². The predicted octanol–water partition coefficient (Wildman–Crippen LogP) is 3.33. The van der Waals surface area contributed by atoms with Gasteiger partial charge in [-0.25, -0.2) is 4.79 Å². The molecular formula is C19H21N3O. The summed E-state index contributed by atoms with van der Waals surface area (Å²) in [4.78, 5) is 14.0. The van der Waals surface area contributed by atoms with Gasteiger partial charge >= 0.3 is 6.03 Å². The highest BCUT2D eigenvalue weighted by Gasteiger charge is 2.22. The first-order valence-corrected chi connectivity index (χ1v) is 8.17. The Hall–Kier alpha value is -2.54. The van der Waals surface area contributed by atoms with Crippen LogP contribution in [0.2, 0.25) is 0 Å². The van der Waals surface area contributed by atoms with E-state index >= 15 is 0 Å². The first-order valence-electron chi connectivity index (χ1n) is 8.17. The molecule has 1 saturated heterocycles. The molecule has 23 heavy (non-hydrogen) atoms. The van der Waals surface area contributed by atoms with Crippen molar-refractivity contribution in [3.63, 3.8) is 0 Å². The number of fused-ring (bicyclic) bond motifs is 1. The summed E-state index contributed by atoms with van der Waals surface area (Å²) in [5.74, 6) is 0.106. The molecule has 2 amide bonds. The number of nitriles is 1. The average molecular weight is 307 g/mol. The van der Waals surface area contributed by atoms with Crippen molar-refractivity contribution in [2.75, 3.05) is 19.6 Å². The molecule has 0 saturated carbocycles. The average Bonchev–Trinajstić information content (AvgIpc) is 2.62. The first kappa shape index (κ1) is 15.4. The Morgan fingerprint density at radius 3 is 2.70 bits per heavy atom. The first-order chi connectivity index (χ1) is 11.3. The molecule has 2 aromatic rings. The molecule has 0 atom stereocenters. The molecule has 2 aromatic carbocycles. The Morgan fingerprint density at radius 2 is 1.91 bits per heavy atom. The summed E-state index contributed by atoms with van der Waals surface area (Å²) in [5.41, 5.74) is 1.26. The van der Waals surface area contributed by atoms with Crippen molar-refractivity contribution >= 4 is 16.8 Å². The van der Waals surface area contributed by atoms with E-state index in [-0.39, 0.29) is 11.9 Å². The summed E-state index contributed by atoms with van der Waals surface area (Å²) in [6.07, 6.45) is 2.39. The molecule has 4 nitrogen and oxygen atoms in total. The monoisotopic (exact) mass is 307 g/mol. The molecule has 1 heterocycles. The van der Waals surface area contributed by atoms with Gasteiger partial charge in [-0.3, -0.25) is 0 Å². The van der Waals surface area contributed by atoms with E-state index in [1.165, 1.54) is 16.3 Å². The molecule has 4 heteroatoms. The second kappa shape index (κ2) is 7.15. The molecule has 3 rings (SSSR count). The molecule has 0 aliphatic carbocycles. The van der Waals surface area contributed by atoms with E-state index in [1.807, 2.05) is 17.0 Å². The van der Waals surface area contributed by atoms with Crippen LogP contribution >= 0.6 is 0 Å². The molecule has 0 radical (unpaired) electrons. The van der Waals surface area contributed by atoms with E-state index in [2.05, 4.69) is 41.7 Å². The fourth-order valence-corrected chi connectivity index (χ4v) is 3.14. The van der Waals surface area contributed by atoms with Crippen molar-refractivity contribution in [3.05, 3.63) is 48.0 Å². The summed E-state index contributed by atoms with van der Waals surface area (Å²) in [7, 11) is 0. The van der Waals surface area contributed by atoms with Gasteiger partial charge in [-0.05, 0) is 35.6 Å². The fourth-order valence-electron chi connectivity index (χ4n) is 3.14. The van der Waals surface area contributed by atoms with Crippen molar-refractivity contribution in [3.8, 4) is 6.07 Å². The largest absolute Gasteiger partial charge is 0.338 e. The van der Waals surface area contributed by atoms with Gasteiger partial charge in [-0.15, -0.1) is 0 Å².